The Morgan fingerprint density at radius 2 is 2.29 bits per heavy atom. The van der Waals surface area contributed by atoms with Crippen LogP contribution in [0.2, 0.25) is 0 Å². The Hall–Kier alpha value is -0.390. The summed E-state index contributed by atoms with van der Waals surface area (Å²) < 4.78 is 1.09. The minimum atomic E-state index is -0.0262. The summed E-state index contributed by atoms with van der Waals surface area (Å²) in [5.41, 5.74) is 5.58. The Morgan fingerprint density at radius 1 is 1.59 bits per heavy atom. The summed E-state index contributed by atoms with van der Waals surface area (Å²) in [6.07, 6.45) is 1.33. The van der Waals surface area contributed by atoms with E-state index in [-0.39, 0.29) is 11.3 Å². The number of nitrogens with two attached hydrogens (primary N) is 1. The molecule has 1 heterocycles. The van der Waals surface area contributed by atoms with E-state index in [0.717, 1.165) is 10.9 Å². The van der Waals surface area contributed by atoms with E-state index >= 15 is 0 Å². The molecule has 0 radical (unpaired) electrons. The number of rotatable bonds is 6. The molecule has 0 aliphatic rings. The quantitative estimate of drug-likeness (QED) is 0.847. The molecule has 96 valence electrons. The van der Waals surface area contributed by atoms with Gasteiger partial charge in [0.2, 0.25) is 5.91 Å². The Kier molecular flexibility index (Phi) is 5.62. The minimum Gasteiger partial charge on any atom is -0.356 e. The van der Waals surface area contributed by atoms with Gasteiger partial charge in [0.05, 0.1) is 0 Å². The fourth-order valence-electron chi connectivity index (χ4n) is 1.22. The number of amides is 1. The van der Waals surface area contributed by atoms with Crippen molar-refractivity contribution < 1.29 is 4.79 Å². The van der Waals surface area contributed by atoms with Gasteiger partial charge < -0.3 is 11.1 Å². The second-order valence-corrected chi connectivity index (χ2v) is 6.79. The molecule has 0 spiro atoms. The van der Waals surface area contributed by atoms with E-state index in [2.05, 4.69) is 27.3 Å². The van der Waals surface area contributed by atoms with Crippen LogP contribution in [-0.4, -0.2) is 19.0 Å². The monoisotopic (exact) mass is 318 g/mol. The molecule has 1 amide bonds. The van der Waals surface area contributed by atoms with Crippen LogP contribution in [0.25, 0.3) is 0 Å². The van der Waals surface area contributed by atoms with E-state index in [1.54, 1.807) is 11.3 Å². The van der Waals surface area contributed by atoms with Gasteiger partial charge in [-0.15, -0.1) is 11.3 Å². The molecule has 1 aromatic heterocycles. The zero-order valence-corrected chi connectivity index (χ0v) is 12.7. The standard InChI is InChI=1S/C12H19BrN2OS/c1-12(2,7-14)8-15-11(16)4-3-10-5-9(13)6-17-10/h5-6H,3-4,7-8,14H2,1-2H3,(H,15,16). The number of carbonyl (C=O) groups is 1. The number of carbonyl (C=O) groups excluding carboxylic acids is 1. The molecule has 0 aliphatic carbocycles. The smallest absolute Gasteiger partial charge is 0.220 e. The van der Waals surface area contributed by atoms with Crippen LogP contribution < -0.4 is 11.1 Å². The molecule has 1 aromatic rings. The molecule has 0 bridgehead atoms. The van der Waals surface area contributed by atoms with Gasteiger partial charge in [-0.3, -0.25) is 4.79 Å². The molecule has 3 N–H and O–H groups in total. The number of nitrogens with one attached hydrogen (secondary N) is 1. The molecule has 3 nitrogen and oxygen atoms in total. The van der Waals surface area contributed by atoms with E-state index in [0.29, 0.717) is 19.5 Å². The number of hydrogen-bond donors (Lipinski definition) is 2. The predicted octanol–water partition coefficient (Wildman–Crippen LogP) is 2.54. The van der Waals surface area contributed by atoms with E-state index in [9.17, 15) is 4.79 Å². The summed E-state index contributed by atoms with van der Waals surface area (Å²) >= 11 is 5.07. The van der Waals surface area contributed by atoms with Crippen LogP contribution in [0, 0.1) is 5.41 Å². The molecule has 0 atom stereocenters. The Balaban J connectivity index is 2.26. The van der Waals surface area contributed by atoms with Crippen molar-refractivity contribution in [2.75, 3.05) is 13.1 Å². The normalized spacial score (nSPS) is 11.5. The van der Waals surface area contributed by atoms with Crippen molar-refractivity contribution in [2.45, 2.75) is 26.7 Å². The van der Waals surface area contributed by atoms with Gasteiger partial charge in [0.15, 0.2) is 0 Å². The maximum Gasteiger partial charge on any atom is 0.220 e. The second kappa shape index (κ2) is 6.52. The average molecular weight is 319 g/mol. The number of halogens is 1. The predicted molar refractivity (Wildman–Crippen MR) is 76.2 cm³/mol. The second-order valence-electron chi connectivity index (χ2n) is 4.88. The summed E-state index contributed by atoms with van der Waals surface area (Å²) in [5.74, 6) is 0.0936. The highest BCUT2D eigenvalue weighted by Crippen LogP contribution is 2.20. The van der Waals surface area contributed by atoms with E-state index < -0.39 is 0 Å². The fourth-order valence-corrected chi connectivity index (χ4v) is 2.68. The summed E-state index contributed by atoms with van der Waals surface area (Å²) in [6.45, 7) is 5.30. The van der Waals surface area contributed by atoms with Crippen molar-refractivity contribution in [3.8, 4) is 0 Å². The lowest BCUT2D eigenvalue weighted by molar-refractivity contribution is -0.121. The molecule has 0 unspecified atom stereocenters. The van der Waals surface area contributed by atoms with Crippen molar-refractivity contribution >= 4 is 33.2 Å². The summed E-state index contributed by atoms with van der Waals surface area (Å²) in [4.78, 5) is 12.9. The van der Waals surface area contributed by atoms with Crippen molar-refractivity contribution in [3.05, 3.63) is 20.8 Å². The molecular formula is C12H19BrN2OS. The highest BCUT2D eigenvalue weighted by molar-refractivity contribution is 9.10. The Morgan fingerprint density at radius 3 is 2.82 bits per heavy atom. The summed E-state index contributed by atoms with van der Waals surface area (Å²) in [6, 6.07) is 2.06. The van der Waals surface area contributed by atoms with Crippen LogP contribution in [0.5, 0.6) is 0 Å². The molecule has 0 saturated heterocycles. The van der Waals surface area contributed by atoms with Gasteiger partial charge in [0, 0.05) is 27.7 Å². The lowest BCUT2D eigenvalue weighted by atomic mass is 9.94. The van der Waals surface area contributed by atoms with Gasteiger partial charge >= 0.3 is 0 Å². The summed E-state index contributed by atoms with van der Waals surface area (Å²) in [5, 5.41) is 4.96. The van der Waals surface area contributed by atoms with Crippen molar-refractivity contribution in [1.29, 1.82) is 0 Å². The van der Waals surface area contributed by atoms with Crippen molar-refractivity contribution in [3.63, 3.8) is 0 Å². The first kappa shape index (κ1) is 14.7. The Bertz CT molecular complexity index is 376. The first-order valence-electron chi connectivity index (χ1n) is 5.62. The summed E-state index contributed by atoms with van der Waals surface area (Å²) in [7, 11) is 0. The zero-order valence-electron chi connectivity index (χ0n) is 10.3. The number of aryl methyl sites for hydroxylation is 1. The maximum atomic E-state index is 11.6. The molecule has 5 heteroatoms. The molecule has 17 heavy (non-hydrogen) atoms. The molecule has 0 aliphatic heterocycles. The highest BCUT2D eigenvalue weighted by Gasteiger charge is 2.16. The zero-order chi connectivity index (χ0) is 12.9. The average Bonchev–Trinajstić information content (AvgIpc) is 2.70. The van der Waals surface area contributed by atoms with Gasteiger partial charge in [-0.25, -0.2) is 0 Å². The molecule has 0 fully saturated rings. The van der Waals surface area contributed by atoms with Gasteiger partial charge in [-0.1, -0.05) is 13.8 Å². The van der Waals surface area contributed by atoms with Crippen molar-refractivity contribution in [2.24, 2.45) is 11.1 Å². The first-order chi connectivity index (χ1) is 7.93. The third kappa shape index (κ3) is 5.66. The van der Waals surface area contributed by atoms with Crippen LogP contribution in [0.3, 0.4) is 0 Å². The fraction of sp³-hybridized carbons (Fsp3) is 0.583. The van der Waals surface area contributed by atoms with E-state index in [1.807, 2.05) is 19.2 Å². The lowest BCUT2D eigenvalue weighted by Gasteiger charge is -2.22. The number of thiophene rings is 1. The van der Waals surface area contributed by atoms with Crippen LogP contribution >= 0.6 is 27.3 Å². The van der Waals surface area contributed by atoms with E-state index in [4.69, 9.17) is 5.73 Å². The minimum absolute atomic E-state index is 0.0262. The van der Waals surface area contributed by atoms with E-state index in [1.165, 1.54) is 4.88 Å². The van der Waals surface area contributed by atoms with Crippen LogP contribution in [0.1, 0.15) is 25.1 Å². The van der Waals surface area contributed by atoms with Gasteiger partial charge in [0.25, 0.3) is 0 Å². The SMILES string of the molecule is CC(C)(CN)CNC(=O)CCc1cc(Br)cs1. The molecule has 0 aromatic carbocycles. The van der Waals surface area contributed by atoms with Crippen molar-refractivity contribution in [1.82, 2.24) is 5.32 Å². The van der Waals surface area contributed by atoms with Gasteiger partial charge in [0.1, 0.15) is 0 Å². The Labute approximate surface area is 115 Å². The first-order valence-corrected chi connectivity index (χ1v) is 7.30. The maximum absolute atomic E-state index is 11.6. The molecule has 0 saturated carbocycles. The van der Waals surface area contributed by atoms with Crippen LogP contribution in [0.15, 0.2) is 15.9 Å². The molecule has 1 rings (SSSR count). The van der Waals surface area contributed by atoms with Crippen LogP contribution in [0.4, 0.5) is 0 Å². The highest BCUT2D eigenvalue weighted by atomic mass is 79.9. The van der Waals surface area contributed by atoms with Gasteiger partial charge in [-0.2, -0.15) is 0 Å². The van der Waals surface area contributed by atoms with Gasteiger partial charge in [-0.05, 0) is 40.4 Å². The third-order valence-corrected chi connectivity index (χ3v) is 4.29. The topological polar surface area (TPSA) is 55.1 Å². The largest absolute Gasteiger partial charge is 0.356 e. The molecular weight excluding hydrogens is 300 g/mol. The third-order valence-electron chi connectivity index (χ3n) is 2.54. The van der Waals surface area contributed by atoms with Crippen LogP contribution in [-0.2, 0) is 11.2 Å². The number of hydrogen-bond acceptors (Lipinski definition) is 3. The lowest BCUT2D eigenvalue weighted by Crippen LogP contribution is -2.38.